The van der Waals surface area contributed by atoms with Gasteiger partial charge in [0, 0.05) is 11.1 Å². The number of carbonyl (C=O) groups excluding carboxylic acids is 1. The number of hydrogen-bond donors (Lipinski definition) is 3. The van der Waals surface area contributed by atoms with Gasteiger partial charge in [0.05, 0.1) is 0 Å². The van der Waals surface area contributed by atoms with Crippen molar-refractivity contribution in [1.82, 2.24) is 5.48 Å². The number of hydrogen-bond acceptors (Lipinski definition) is 3. The summed E-state index contributed by atoms with van der Waals surface area (Å²) in [4.78, 5) is 21.9. The molecule has 0 atom stereocenters. The molecule has 5 nitrogen and oxygen atoms in total. The van der Waals surface area contributed by atoms with Crippen LogP contribution >= 0.6 is 0 Å². The van der Waals surface area contributed by atoms with Gasteiger partial charge in [-0.15, -0.1) is 0 Å². The average Bonchev–Trinajstić information content (AvgIpc) is 2.16. The van der Waals surface area contributed by atoms with E-state index >= 15 is 0 Å². The van der Waals surface area contributed by atoms with Gasteiger partial charge in [0.25, 0.3) is 5.91 Å². The first-order chi connectivity index (χ1) is 6.58. The molecule has 5 heteroatoms. The van der Waals surface area contributed by atoms with E-state index in [1.807, 2.05) is 6.92 Å². The van der Waals surface area contributed by atoms with Crippen LogP contribution in [0.5, 0.6) is 0 Å². The van der Waals surface area contributed by atoms with E-state index in [0.717, 1.165) is 0 Å². The zero-order chi connectivity index (χ0) is 11.1. The van der Waals surface area contributed by atoms with E-state index in [4.69, 9.17) is 10.3 Å². The maximum absolute atomic E-state index is 11.1. The first-order valence-corrected chi connectivity index (χ1v) is 4.48. The zero-order valence-electron chi connectivity index (χ0n) is 8.33. The van der Waals surface area contributed by atoms with Gasteiger partial charge in [-0.25, -0.2) is 10.3 Å². The third-order valence-corrected chi connectivity index (χ3v) is 1.85. The molecule has 0 saturated heterocycles. The van der Waals surface area contributed by atoms with Crippen LogP contribution in [-0.2, 0) is 9.59 Å². The number of hydroxylamine groups is 1. The van der Waals surface area contributed by atoms with Gasteiger partial charge in [-0.05, 0) is 12.8 Å². The largest absolute Gasteiger partial charge is 0.478 e. The van der Waals surface area contributed by atoms with Gasteiger partial charge in [0.1, 0.15) is 0 Å². The van der Waals surface area contributed by atoms with Crippen molar-refractivity contribution in [3.63, 3.8) is 0 Å². The minimum atomic E-state index is -1.11. The van der Waals surface area contributed by atoms with E-state index in [-0.39, 0.29) is 17.6 Å². The summed E-state index contributed by atoms with van der Waals surface area (Å²) in [6.45, 7) is 3.49. The fourth-order valence-corrected chi connectivity index (χ4v) is 1.21. The molecule has 0 aliphatic carbocycles. The van der Waals surface area contributed by atoms with Gasteiger partial charge in [0.2, 0.25) is 0 Å². The Balaban J connectivity index is 5.08. The van der Waals surface area contributed by atoms with Crippen molar-refractivity contribution >= 4 is 11.9 Å². The van der Waals surface area contributed by atoms with Crippen LogP contribution < -0.4 is 5.48 Å². The Hall–Kier alpha value is -1.36. The normalized spacial score (nSPS) is 11.9. The van der Waals surface area contributed by atoms with Crippen molar-refractivity contribution in [3.05, 3.63) is 11.1 Å². The van der Waals surface area contributed by atoms with E-state index in [0.29, 0.717) is 12.8 Å². The molecular weight excluding hydrogens is 186 g/mol. The Morgan fingerprint density at radius 3 is 2.07 bits per heavy atom. The molecule has 0 aliphatic heterocycles. The lowest BCUT2D eigenvalue weighted by Gasteiger charge is -2.07. The molecule has 0 spiro atoms. The molecule has 0 heterocycles. The number of nitrogens with one attached hydrogen (secondary N) is 1. The predicted molar refractivity (Wildman–Crippen MR) is 49.8 cm³/mol. The summed E-state index contributed by atoms with van der Waals surface area (Å²) in [6.07, 6.45) is 1.26. The summed E-state index contributed by atoms with van der Waals surface area (Å²) in [5, 5.41) is 17.2. The molecule has 1 amide bonds. The first kappa shape index (κ1) is 12.6. The standard InChI is InChI=1S/C9H15NO4/c1-3-5-7(8(11)10-14)6(4-2)9(12)13/h14H,3-5H2,1-2H3,(H,10,11)(H,12,13)/b7-6-. The zero-order valence-corrected chi connectivity index (χ0v) is 8.33. The second-order valence-electron chi connectivity index (χ2n) is 2.81. The van der Waals surface area contributed by atoms with Crippen LogP contribution in [0.3, 0.4) is 0 Å². The molecule has 80 valence electrons. The fraction of sp³-hybridized carbons (Fsp3) is 0.556. The smallest absolute Gasteiger partial charge is 0.332 e. The lowest BCUT2D eigenvalue weighted by atomic mass is 10.0. The van der Waals surface area contributed by atoms with Crippen LogP contribution in [0.4, 0.5) is 0 Å². The van der Waals surface area contributed by atoms with Gasteiger partial charge in [0.15, 0.2) is 0 Å². The monoisotopic (exact) mass is 201 g/mol. The number of rotatable bonds is 5. The summed E-state index contributed by atoms with van der Waals surface area (Å²) in [5.74, 6) is -1.84. The van der Waals surface area contributed by atoms with Crippen molar-refractivity contribution in [2.75, 3.05) is 0 Å². The summed E-state index contributed by atoms with van der Waals surface area (Å²) in [6, 6.07) is 0. The third-order valence-electron chi connectivity index (χ3n) is 1.85. The van der Waals surface area contributed by atoms with Crippen LogP contribution in [-0.4, -0.2) is 22.2 Å². The molecule has 0 aromatic rings. The second kappa shape index (κ2) is 6.15. The molecular formula is C9H15NO4. The maximum atomic E-state index is 11.1. The van der Waals surface area contributed by atoms with Crippen LogP contribution in [0.15, 0.2) is 11.1 Å². The lowest BCUT2D eigenvalue weighted by molar-refractivity contribution is -0.133. The lowest BCUT2D eigenvalue weighted by Crippen LogP contribution is -2.23. The first-order valence-electron chi connectivity index (χ1n) is 4.48. The van der Waals surface area contributed by atoms with E-state index in [9.17, 15) is 9.59 Å². The van der Waals surface area contributed by atoms with E-state index in [1.165, 1.54) is 5.48 Å². The highest BCUT2D eigenvalue weighted by atomic mass is 16.5. The predicted octanol–water partition coefficient (Wildman–Crippen LogP) is 1.08. The highest BCUT2D eigenvalue weighted by Gasteiger charge is 2.17. The van der Waals surface area contributed by atoms with Crippen LogP contribution in [0.1, 0.15) is 33.1 Å². The van der Waals surface area contributed by atoms with Gasteiger partial charge >= 0.3 is 5.97 Å². The summed E-state index contributed by atoms with van der Waals surface area (Å²) < 4.78 is 0. The van der Waals surface area contributed by atoms with Gasteiger partial charge in [-0.2, -0.15) is 0 Å². The molecule has 0 bridgehead atoms. The van der Waals surface area contributed by atoms with Crippen LogP contribution in [0.2, 0.25) is 0 Å². The summed E-state index contributed by atoms with van der Waals surface area (Å²) in [7, 11) is 0. The third kappa shape index (κ3) is 3.18. The Morgan fingerprint density at radius 1 is 1.21 bits per heavy atom. The van der Waals surface area contributed by atoms with Gasteiger partial charge in [-0.1, -0.05) is 20.3 Å². The van der Waals surface area contributed by atoms with Crippen LogP contribution in [0, 0.1) is 0 Å². The minimum absolute atomic E-state index is 0.0541. The molecule has 0 radical (unpaired) electrons. The Kier molecular flexibility index (Phi) is 5.55. The Morgan fingerprint density at radius 2 is 1.79 bits per heavy atom. The number of carbonyl (C=O) groups is 2. The number of carboxylic acid groups (broad SMARTS) is 1. The van der Waals surface area contributed by atoms with E-state index in [1.54, 1.807) is 6.92 Å². The number of carboxylic acids is 1. The number of amides is 1. The van der Waals surface area contributed by atoms with Crippen molar-refractivity contribution in [3.8, 4) is 0 Å². The maximum Gasteiger partial charge on any atom is 0.332 e. The van der Waals surface area contributed by atoms with E-state index in [2.05, 4.69) is 0 Å². The fourth-order valence-electron chi connectivity index (χ4n) is 1.21. The molecule has 0 aromatic carbocycles. The molecule has 0 aromatic heterocycles. The highest BCUT2D eigenvalue weighted by Crippen LogP contribution is 2.14. The summed E-state index contributed by atoms with van der Waals surface area (Å²) in [5.41, 5.74) is 1.66. The molecule has 0 rings (SSSR count). The van der Waals surface area contributed by atoms with E-state index < -0.39 is 11.9 Å². The number of aliphatic carboxylic acids is 1. The molecule has 0 fully saturated rings. The topological polar surface area (TPSA) is 86.6 Å². The molecule has 0 aliphatic rings. The van der Waals surface area contributed by atoms with Crippen molar-refractivity contribution in [1.29, 1.82) is 0 Å². The van der Waals surface area contributed by atoms with Gasteiger partial charge in [-0.3, -0.25) is 10.0 Å². The molecule has 0 unspecified atom stereocenters. The van der Waals surface area contributed by atoms with Crippen LogP contribution in [0.25, 0.3) is 0 Å². The molecule has 0 saturated carbocycles. The molecule has 3 N–H and O–H groups in total. The average molecular weight is 201 g/mol. The quantitative estimate of drug-likeness (QED) is 0.353. The second-order valence-corrected chi connectivity index (χ2v) is 2.81. The van der Waals surface area contributed by atoms with Gasteiger partial charge < -0.3 is 5.11 Å². The summed E-state index contributed by atoms with van der Waals surface area (Å²) >= 11 is 0. The Labute approximate surface area is 82.4 Å². The molecule has 14 heavy (non-hydrogen) atoms. The van der Waals surface area contributed by atoms with Crippen molar-refractivity contribution < 1.29 is 19.9 Å². The minimum Gasteiger partial charge on any atom is -0.478 e. The Bertz CT molecular complexity index is 258. The van der Waals surface area contributed by atoms with Crippen molar-refractivity contribution in [2.45, 2.75) is 33.1 Å². The SMILES string of the molecule is CCC/C(C(=O)NO)=C(\CC)C(=O)O. The highest BCUT2D eigenvalue weighted by molar-refractivity contribution is 6.01. The van der Waals surface area contributed by atoms with Crippen molar-refractivity contribution in [2.24, 2.45) is 0 Å².